The molecule has 0 bridgehead atoms. The average molecular weight is 280 g/mol. The number of nitrogens with one attached hydrogen (secondary N) is 1. The van der Waals surface area contributed by atoms with Crippen LogP contribution < -0.4 is 5.32 Å². The number of hydrogen-bond acceptors (Lipinski definition) is 3. The molecule has 7 heteroatoms. The number of halogens is 2. The van der Waals surface area contributed by atoms with Crippen molar-refractivity contribution in [1.29, 1.82) is 0 Å². The lowest BCUT2D eigenvalue weighted by Crippen LogP contribution is -2.35. The number of hydrogen-bond donors (Lipinski definition) is 1. The van der Waals surface area contributed by atoms with Crippen molar-refractivity contribution in [3.8, 4) is 11.3 Å². The van der Waals surface area contributed by atoms with Gasteiger partial charge in [-0.2, -0.15) is 5.10 Å². The van der Waals surface area contributed by atoms with Gasteiger partial charge in [0.05, 0.1) is 12.2 Å². The molecule has 2 aromatic heterocycles. The van der Waals surface area contributed by atoms with Crippen molar-refractivity contribution in [3.63, 3.8) is 0 Å². The van der Waals surface area contributed by atoms with Crippen LogP contribution in [0.2, 0.25) is 0 Å². The zero-order valence-electron chi connectivity index (χ0n) is 11.1. The molecule has 1 amide bonds. The van der Waals surface area contributed by atoms with E-state index in [0.717, 1.165) is 12.5 Å². The van der Waals surface area contributed by atoms with Crippen LogP contribution in [0.4, 0.5) is 8.78 Å². The van der Waals surface area contributed by atoms with Crippen LogP contribution >= 0.6 is 0 Å². The van der Waals surface area contributed by atoms with Gasteiger partial charge in [-0.3, -0.25) is 14.5 Å². The van der Waals surface area contributed by atoms with E-state index in [1.54, 1.807) is 37.6 Å². The summed E-state index contributed by atoms with van der Waals surface area (Å²) < 4.78 is 26.8. The van der Waals surface area contributed by atoms with Gasteiger partial charge < -0.3 is 5.32 Å². The zero-order chi connectivity index (χ0) is 14.8. The first-order chi connectivity index (χ1) is 9.37. The fraction of sp³-hybridized carbons (Fsp3) is 0.308. The molecule has 0 aliphatic heterocycles. The van der Waals surface area contributed by atoms with E-state index in [1.807, 2.05) is 0 Å². The molecular weight excluding hydrogens is 266 g/mol. The minimum atomic E-state index is -2.94. The summed E-state index contributed by atoms with van der Waals surface area (Å²) in [6.07, 6.45) is 3.24. The Balaban J connectivity index is 2.18. The zero-order valence-corrected chi connectivity index (χ0v) is 11.1. The highest BCUT2D eigenvalue weighted by Gasteiger charge is 2.23. The maximum atomic E-state index is 12.7. The number of alkyl halides is 2. The molecule has 0 unspecified atom stereocenters. The van der Waals surface area contributed by atoms with Crippen molar-refractivity contribution >= 4 is 5.91 Å². The molecule has 0 aromatic carbocycles. The maximum absolute atomic E-state index is 12.7. The predicted octanol–water partition coefficient (Wildman–Crippen LogP) is 1.87. The summed E-state index contributed by atoms with van der Waals surface area (Å²) >= 11 is 0. The second-order valence-electron chi connectivity index (χ2n) is 4.53. The van der Waals surface area contributed by atoms with Crippen LogP contribution in [-0.4, -0.2) is 33.1 Å². The Morgan fingerprint density at radius 2 is 2.25 bits per heavy atom. The molecule has 0 radical (unpaired) electrons. The van der Waals surface area contributed by atoms with Gasteiger partial charge in [0.2, 0.25) is 0 Å². The number of pyridine rings is 1. The van der Waals surface area contributed by atoms with E-state index >= 15 is 0 Å². The van der Waals surface area contributed by atoms with Crippen LogP contribution in [0.15, 0.2) is 30.6 Å². The van der Waals surface area contributed by atoms with Gasteiger partial charge in [0.15, 0.2) is 0 Å². The normalized spacial score (nSPS) is 11.4. The van der Waals surface area contributed by atoms with Crippen molar-refractivity contribution in [1.82, 2.24) is 20.1 Å². The molecule has 0 fully saturated rings. The SMILES string of the molecule is Cn1nc(-c2cccnc2)cc1C(=O)NCC(C)(F)F. The van der Waals surface area contributed by atoms with Gasteiger partial charge in [-0.05, 0) is 18.2 Å². The lowest BCUT2D eigenvalue weighted by atomic mass is 10.2. The highest BCUT2D eigenvalue weighted by molar-refractivity contribution is 5.93. The third-order valence-electron chi connectivity index (χ3n) is 2.63. The molecule has 0 aliphatic rings. The lowest BCUT2D eigenvalue weighted by molar-refractivity contribution is 0.0219. The Morgan fingerprint density at radius 3 is 2.85 bits per heavy atom. The summed E-state index contributed by atoms with van der Waals surface area (Å²) in [5, 5.41) is 6.35. The molecule has 0 saturated heterocycles. The second kappa shape index (κ2) is 5.36. The first-order valence-corrected chi connectivity index (χ1v) is 5.97. The molecule has 0 saturated carbocycles. The first kappa shape index (κ1) is 14.1. The highest BCUT2D eigenvalue weighted by Crippen LogP contribution is 2.17. The molecule has 2 rings (SSSR count). The van der Waals surface area contributed by atoms with Crippen LogP contribution in [0, 0.1) is 0 Å². The van der Waals surface area contributed by atoms with Gasteiger partial charge in [0.1, 0.15) is 5.69 Å². The van der Waals surface area contributed by atoms with Gasteiger partial charge in [0.25, 0.3) is 11.8 Å². The van der Waals surface area contributed by atoms with Gasteiger partial charge in [-0.1, -0.05) is 0 Å². The van der Waals surface area contributed by atoms with Crippen molar-refractivity contribution in [3.05, 3.63) is 36.3 Å². The summed E-state index contributed by atoms with van der Waals surface area (Å²) in [6.45, 7) is 0.0385. The second-order valence-corrected chi connectivity index (χ2v) is 4.53. The van der Waals surface area contributed by atoms with Crippen LogP contribution in [0.3, 0.4) is 0 Å². The summed E-state index contributed by atoms with van der Waals surface area (Å²) in [7, 11) is 1.58. The summed E-state index contributed by atoms with van der Waals surface area (Å²) in [4.78, 5) is 15.8. The maximum Gasteiger partial charge on any atom is 0.269 e. The minimum absolute atomic E-state index is 0.216. The molecule has 0 aliphatic carbocycles. The number of rotatable bonds is 4. The van der Waals surface area contributed by atoms with Crippen LogP contribution in [0.1, 0.15) is 17.4 Å². The van der Waals surface area contributed by atoms with Crippen LogP contribution in [0.5, 0.6) is 0 Å². The third kappa shape index (κ3) is 3.37. The molecule has 20 heavy (non-hydrogen) atoms. The van der Waals surface area contributed by atoms with Crippen molar-refractivity contribution in [2.24, 2.45) is 7.05 Å². The lowest BCUT2D eigenvalue weighted by Gasteiger charge is -2.11. The summed E-state index contributed by atoms with van der Waals surface area (Å²) in [5.41, 5.74) is 1.53. The molecule has 2 heterocycles. The smallest absolute Gasteiger partial charge is 0.269 e. The van der Waals surface area contributed by atoms with Gasteiger partial charge >= 0.3 is 0 Å². The standard InChI is InChI=1S/C13H14F2N4O/c1-13(14,15)8-17-12(20)11-6-10(18-19(11)2)9-4-3-5-16-7-9/h3-7H,8H2,1-2H3,(H,17,20). The number of aryl methyl sites for hydroxylation is 1. The molecular formula is C13H14F2N4O. The van der Waals surface area contributed by atoms with Crippen LogP contribution in [0.25, 0.3) is 11.3 Å². The molecule has 0 spiro atoms. The Hall–Kier alpha value is -2.31. The first-order valence-electron chi connectivity index (χ1n) is 5.97. The van der Waals surface area contributed by atoms with E-state index < -0.39 is 18.4 Å². The van der Waals surface area contributed by atoms with E-state index in [9.17, 15) is 13.6 Å². The third-order valence-corrected chi connectivity index (χ3v) is 2.63. The fourth-order valence-corrected chi connectivity index (χ4v) is 1.66. The highest BCUT2D eigenvalue weighted by atomic mass is 19.3. The van der Waals surface area contributed by atoms with Crippen molar-refractivity contribution in [2.45, 2.75) is 12.8 Å². The van der Waals surface area contributed by atoms with Gasteiger partial charge in [-0.15, -0.1) is 0 Å². The average Bonchev–Trinajstić information content (AvgIpc) is 2.78. The number of carbonyl (C=O) groups is 1. The van der Waals surface area contributed by atoms with Gasteiger partial charge in [-0.25, -0.2) is 8.78 Å². The molecule has 106 valence electrons. The quantitative estimate of drug-likeness (QED) is 0.930. The topological polar surface area (TPSA) is 59.8 Å². The molecule has 2 aromatic rings. The van der Waals surface area contributed by atoms with Crippen molar-refractivity contribution < 1.29 is 13.6 Å². The summed E-state index contributed by atoms with van der Waals surface area (Å²) in [6, 6.07) is 5.10. The number of carbonyl (C=O) groups excluding carboxylic acids is 1. The monoisotopic (exact) mass is 280 g/mol. The largest absolute Gasteiger partial charge is 0.345 e. The van der Waals surface area contributed by atoms with Crippen LogP contribution in [-0.2, 0) is 7.05 Å². The fourth-order valence-electron chi connectivity index (χ4n) is 1.66. The van der Waals surface area contributed by atoms with E-state index in [1.165, 1.54) is 4.68 Å². The predicted molar refractivity (Wildman–Crippen MR) is 69.4 cm³/mol. The van der Waals surface area contributed by atoms with Gasteiger partial charge in [0, 0.05) is 31.9 Å². The van der Waals surface area contributed by atoms with Crippen molar-refractivity contribution in [2.75, 3.05) is 6.54 Å². The van der Waals surface area contributed by atoms with E-state index in [-0.39, 0.29) is 5.69 Å². The summed E-state index contributed by atoms with van der Waals surface area (Å²) in [5.74, 6) is -3.53. The molecule has 1 N–H and O–H groups in total. The Kier molecular flexibility index (Phi) is 3.78. The Labute approximate surface area is 114 Å². The molecule has 0 atom stereocenters. The Morgan fingerprint density at radius 1 is 1.50 bits per heavy atom. The van der Waals surface area contributed by atoms with E-state index in [4.69, 9.17) is 0 Å². The number of nitrogens with zero attached hydrogens (tertiary/aromatic N) is 3. The number of aromatic nitrogens is 3. The Bertz CT molecular complexity index is 605. The van der Waals surface area contributed by atoms with E-state index in [0.29, 0.717) is 5.69 Å². The van der Waals surface area contributed by atoms with E-state index in [2.05, 4.69) is 15.4 Å². The molecule has 5 nitrogen and oxygen atoms in total. The number of amides is 1. The minimum Gasteiger partial charge on any atom is -0.345 e.